The van der Waals surface area contributed by atoms with Gasteiger partial charge in [-0.1, -0.05) is 24.3 Å². The first-order valence-corrected chi connectivity index (χ1v) is 9.39. The zero-order valence-corrected chi connectivity index (χ0v) is 15.6. The molecule has 1 aromatic heterocycles. The van der Waals surface area contributed by atoms with Crippen molar-refractivity contribution >= 4 is 22.6 Å². The van der Waals surface area contributed by atoms with Crippen LogP contribution in [-0.2, 0) is 11.2 Å². The number of nitrogens with zero attached hydrogens (tertiary/aromatic N) is 2. The molecule has 3 aromatic rings. The molecule has 0 aliphatic carbocycles. The number of H-pyrrole nitrogens is 1. The van der Waals surface area contributed by atoms with Gasteiger partial charge in [0, 0.05) is 24.8 Å². The number of benzene rings is 2. The fourth-order valence-electron chi connectivity index (χ4n) is 3.46. The topological polar surface area (TPSA) is 95.2 Å². The van der Waals surface area contributed by atoms with Gasteiger partial charge in [0.15, 0.2) is 0 Å². The molecule has 1 aliphatic heterocycles. The third kappa shape index (κ3) is 3.87. The summed E-state index contributed by atoms with van der Waals surface area (Å²) in [4.78, 5) is 36.4. The van der Waals surface area contributed by atoms with Gasteiger partial charge in [-0.2, -0.15) is 5.10 Å². The molecule has 1 saturated heterocycles. The summed E-state index contributed by atoms with van der Waals surface area (Å²) in [6, 6.07) is 11.3. The third-order valence-electron chi connectivity index (χ3n) is 4.98. The fraction of sp³-hybridized carbons (Fsp3) is 0.238. The standard InChI is InChI=1S/C21H19FN4O3/c22-17-9-8-13(11-16(17)21(29)25-26-10-4-3-7-19(26)27)12-18-14-5-1-2-6-15(14)20(28)24-23-18/h1-2,5-6,8-9,11H,3-4,7,10,12H2,(H,24,28)(H,25,29). The quantitative estimate of drug-likeness (QED) is 0.710. The Labute approximate surface area is 165 Å². The predicted octanol–water partition coefficient (Wildman–Crippen LogP) is 2.31. The molecule has 4 rings (SSSR count). The molecule has 0 radical (unpaired) electrons. The minimum Gasteiger partial charge on any atom is -0.273 e. The molecule has 1 aliphatic rings. The van der Waals surface area contributed by atoms with Crippen LogP contribution in [0.3, 0.4) is 0 Å². The second-order valence-corrected chi connectivity index (χ2v) is 6.98. The highest BCUT2D eigenvalue weighted by Gasteiger charge is 2.22. The summed E-state index contributed by atoms with van der Waals surface area (Å²) in [5, 5.41) is 9.04. The summed E-state index contributed by atoms with van der Waals surface area (Å²) in [7, 11) is 0. The van der Waals surface area contributed by atoms with Gasteiger partial charge >= 0.3 is 0 Å². The molecule has 7 nitrogen and oxygen atoms in total. The number of amides is 2. The Bertz CT molecular complexity index is 1160. The number of hydrogen-bond acceptors (Lipinski definition) is 4. The van der Waals surface area contributed by atoms with Crippen molar-refractivity contribution in [3.05, 3.63) is 75.5 Å². The van der Waals surface area contributed by atoms with E-state index in [2.05, 4.69) is 15.6 Å². The Hall–Kier alpha value is -3.55. The van der Waals surface area contributed by atoms with Gasteiger partial charge in [0.25, 0.3) is 11.5 Å². The van der Waals surface area contributed by atoms with Crippen LogP contribution in [0.25, 0.3) is 10.8 Å². The minimum atomic E-state index is -0.671. The van der Waals surface area contributed by atoms with Gasteiger partial charge in [-0.3, -0.25) is 24.8 Å². The smallest absolute Gasteiger partial charge is 0.272 e. The monoisotopic (exact) mass is 394 g/mol. The molecule has 0 unspecified atom stereocenters. The van der Waals surface area contributed by atoms with Gasteiger partial charge in [-0.05, 0) is 36.6 Å². The second-order valence-electron chi connectivity index (χ2n) is 6.98. The second kappa shape index (κ2) is 7.83. The van der Waals surface area contributed by atoms with Gasteiger partial charge in [-0.25, -0.2) is 9.49 Å². The molecule has 2 aromatic carbocycles. The van der Waals surface area contributed by atoms with Gasteiger partial charge in [0.1, 0.15) is 5.82 Å². The highest BCUT2D eigenvalue weighted by atomic mass is 19.1. The number of nitrogens with one attached hydrogen (secondary N) is 2. The largest absolute Gasteiger partial charge is 0.273 e. The molecule has 2 amide bonds. The first kappa shape index (κ1) is 18.8. The molecule has 0 spiro atoms. The average molecular weight is 394 g/mol. The number of aromatic amines is 1. The summed E-state index contributed by atoms with van der Waals surface area (Å²) in [5.74, 6) is -1.51. The lowest BCUT2D eigenvalue weighted by molar-refractivity contribution is -0.135. The molecule has 148 valence electrons. The Morgan fingerprint density at radius 1 is 1.14 bits per heavy atom. The Balaban J connectivity index is 1.61. The molecule has 0 atom stereocenters. The van der Waals surface area contributed by atoms with E-state index < -0.39 is 11.7 Å². The molecule has 29 heavy (non-hydrogen) atoms. The number of piperidine rings is 1. The zero-order chi connectivity index (χ0) is 20.4. The number of halogens is 1. The van der Waals surface area contributed by atoms with E-state index in [4.69, 9.17) is 0 Å². The molecular weight excluding hydrogens is 375 g/mol. The minimum absolute atomic E-state index is 0.144. The maximum absolute atomic E-state index is 14.3. The summed E-state index contributed by atoms with van der Waals surface area (Å²) < 4.78 is 14.3. The van der Waals surface area contributed by atoms with Crippen molar-refractivity contribution in [2.45, 2.75) is 25.7 Å². The number of hydrazine groups is 1. The van der Waals surface area contributed by atoms with E-state index in [9.17, 15) is 18.8 Å². The van der Waals surface area contributed by atoms with E-state index >= 15 is 0 Å². The maximum atomic E-state index is 14.3. The van der Waals surface area contributed by atoms with Crippen LogP contribution in [-0.4, -0.2) is 33.6 Å². The number of carbonyl (C=O) groups is 2. The van der Waals surface area contributed by atoms with E-state index in [-0.39, 0.29) is 17.0 Å². The van der Waals surface area contributed by atoms with Crippen LogP contribution in [0.1, 0.15) is 40.9 Å². The van der Waals surface area contributed by atoms with Gasteiger partial charge < -0.3 is 0 Å². The summed E-state index contributed by atoms with van der Waals surface area (Å²) >= 11 is 0. The molecule has 1 fully saturated rings. The van der Waals surface area contributed by atoms with E-state index in [1.807, 2.05) is 6.07 Å². The van der Waals surface area contributed by atoms with E-state index in [1.54, 1.807) is 24.3 Å². The van der Waals surface area contributed by atoms with E-state index in [0.29, 0.717) is 41.4 Å². The Morgan fingerprint density at radius 2 is 1.93 bits per heavy atom. The van der Waals surface area contributed by atoms with Gasteiger partial charge in [0.05, 0.1) is 16.6 Å². The van der Waals surface area contributed by atoms with Crippen molar-refractivity contribution in [1.82, 2.24) is 20.6 Å². The number of hydrogen-bond donors (Lipinski definition) is 2. The average Bonchev–Trinajstić information content (AvgIpc) is 2.73. The van der Waals surface area contributed by atoms with Crippen molar-refractivity contribution in [3.8, 4) is 0 Å². The number of rotatable bonds is 4. The molecule has 0 bridgehead atoms. The van der Waals surface area contributed by atoms with Crippen molar-refractivity contribution in [2.24, 2.45) is 0 Å². The first-order chi connectivity index (χ1) is 14.0. The van der Waals surface area contributed by atoms with Gasteiger partial charge in [-0.15, -0.1) is 0 Å². The fourth-order valence-corrected chi connectivity index (χ4v) is 3.46. The van der Waals surface area contributed by atoms with Crippen LogP contribution < -0.4 is 11.0 Å². The number of fused-ring (bicyclic) bond motifs is 1. The normalized spacial score (nSPS) is 14.2. The van der Waals surface area contributed by atoms with Crippen molar-refractivity contribution in [2.75, 3.05) is 6.54 Å². The van der Waals surface area contributed by atoms with Crippen LogP contribution in [0.4, 0.5) is 4.39 Å². The van der Waals surface area contributed by atoms with Gasteiger partial charge in [0.2, 0.25) is 5.91 Å². The lowest BCUT2D eigenvalue weighted by Gasteiger charge is -2.27. The summed E-state index contributed by atoms with van der Waals surface area (Å²) in [6.45, 7) is 0.416. The SMILES string of the molecule is O=C(NN1CCCCC1=O)c1cc(Cc2n[nH]c(=O)c3ccccc23)ccc1F. The van der Waals surface area contributed by atoms with E-state index in [1.165, 1.54) is 17.1 Å². The highest BCUT2D eigenvalue weighted by Crippen LogP contribution is 2.19. The van der Waals surface area contributed by atoms with Crippen molar-refractivity contribution < 1.29 is 14.0 Å². The van der Waals surface area contributed by atoms with Crippen LogP contribution in [0.2, 0.25) is 0 Å². The zero-order valence-electron chi connectivity index (χ0n) is 15.6. The lowest BCUT2D eigenvalue weighted by atomic mass is 10.0. The third-order valence-corrected chi connectivity index (χ3v) is 4.98. The highest BCUT2D eigenvalue weighted by molar-refractivity contribution is 5.96. The lowest BCUT2D eigenvalue weighted by Crippen LogP contribution is -2.48. The van der Waals surface area contributed by atoms with Crippen LogP contribution in [0.5, 0.6) is 0 Å². The number of aromatic nitrogens is 2. The predicted molar refractivity (Wildman–Crippen MR) is 105 cm³/mol. The molecular formula is C21H19FN4O3. The van der Waals surface area contributed by atoms with Crippen LogP contribution >= 0.6 is 0 Å². The van der Waals surface area contributed by atoms with Crippen LogP contribution in [0.15, 0.2) is 47.3 Å². The molecule has 8 heteroatoms. The summed E-state index contributed by atoms with van der Waals surface area (Å²) in [6.07, 6.45) is 2.25. The first-order valence-electron chi connectivity index (χ1n) is 9.39. The molecule has 2 N–H and O–H groups in total. The molecule has 0 saturated carbocycles. The van der Waals surface area contributed by atoms with E-state index in [0.717, 1.165) is 12.8 Å². The van der Waals surface area contributed by atoms with Crippen LogP contribution in [0, 0.1) is 5.82 Å². The Kier molecular flexibility index (Phi) is 5.07. The molecule has 2 heterocycles. The maximum Gasteiger partial charge on any atom is 0.272 e. The Morgan fingerprint density at radius 3 is 2.72 bits per heavy atom. The van der Waals surface area contributed by atoms with Crippen molar-refractivity contribution in [1.29, 1.82) is 0 Å². The number of carbonyl (C=O) groups excluding carboxylic acids is 2. The summed E-state index contributed by atoms with van der Waals surface area (Å²) in [5.41, 5.74) is 3.34. The van der Waals surface area contributed by atoms with Crippen molar-refractivity contribution in [3.63, 3.8) is 0 Å².